The van der Waals surface area contributed by atoms with E-state index in [4.69, 9.17) is 5.73 Å². The van der Waals surface area contributed by atoms with Gasteiger partial charge in [-0.15, -0.1) is 0 Å². The maximum absolute atomic E-state index is 11.9. The fourth-order valence-electron chi connectivity index (χ4n) is 2.97. The van der Waals surface area contributed by atoms with Gasteiger partial charge in [-0.2, -0.15) is 0 Å². The first-order valence-electron chi connectivity index (χ1n) is 10.2. The highest BCUT2D eigenvalue weighted by Gasteiger charge is 2.17. The number of nitrogens with two attached hydrogens (primary N) is 1. The third-order valence-electron chi connectivity index (χ3n) is 4.60. The molecule has 6 nitrogen and oxygen atoms in total. The highest BCUT2D eigenvalue weighted by Crippen LogP contribution is 2.11. The zero-order valence-corrected chi connectivity index (χ0v) is 16.3. The zero-order valence-electron chi connectivity index (χ0n) is 16.3. The molecular formula is C20H36N4O2. The predicted octanol–water partition coefficient (Wildman–Crippen LogP) is 3.62. The Labute approximate surface area is 157 Å². The highest BCUT2D eigenvalue weighted by atomic mass is 16.2. The topological polar surface area (TPSA) is 101 Å². The SMILES string of the molecule is CCCCCCCCCCCCCC(=O)NC(=O)[C@@H](N)Cc1cnc[nH]1. The molecule has 0 saturated carbocycles. The van der Waals surface area contributed by atoms with Crippen LogP contribution in [-0.4, -0.2) is 27.8 Å². The number of aromatic nitrogens is 2. The van der Waals surface area contributed by atoms with Crippen molar-refractivity contribution in [3.8, 4) is 0 Å². The Kier molecular flexibility index (Phi) is 12.4. The zero-order chi connectivity index (χ0) is 19.0. The molecule has 6 heteroatoms. The van der Waals surface area contributed by atoms with E-state index >= 15 is 0 Å². The van der Waals surface area contributed by atoms with Crippen molar-refractivity contribution in [2.45, 2.75) is 96.4 Å². The van der Waals surface area contributed by atoms with Gasteiger partial charge in [0.25, 0.3) is 0 Å². The first-order valence-corrected chi connectivity index (χ1v) is 10.2. The summed E-state index contributed by atoms with van der Waals surface area (Å²) in [5.41, 5.74) is 6.59. The molecule has 1 atom stereocenters. The number of rotatable bonds is 15. The molecule has 0 bridgehead atoms. The molecule has 0 saturated heterocycles. The first-order chi connectivity index (χ1) is 12.6. The van der Waals surface area contributed by atoms with Crippen LogP contribution < -0.4 is 11.1 Å². The number of imide groups is 1. The van der Waals surface area contributed by atoms with E-state index in [1.807, 2.05) is 0 Å². The smallest absolute Gasteiger partial charge is 0.243 e. The molecule has 0 aliphatic rings. The summed E-state index contributed by atoms with van der Waals surface area (Å²) in [5, 5.41) is 2.39. The molecule has 1 rings (SSSR count). The molecule has 4 N–H and O–H groups in total. The van der Waals surface area contributed by atoms with E-state index in [2.05, 4.69) is 22.2 Å². The lowest BCUT2D eigenvalue weighted by atomic mass is 10.1. The normalized spacial score (nSPS) is 12.1. The maximum atomic E-state index is 11.9. The number of carbonyl (C=O) groups excluding carboxylic acids is 2. The van der Waals surface area contributed by atoms with Gasteiger partial charge in [-0.05, 0) is 6.42 Å². The third-order valence-corrected chi connectivity index (χ3v) is 4.60. The number of amides is 2. The molecule has 1 aromatic rings. The van der Waals surface area contributed by atoms with E-state index < -0.39 is 11.9 Å². The van der Waals surface area contributed by atoms with Crippen molar-refractivity contribution in [3.05, 3.63) is 18.2 Å². The Morgan fingerprint density at radius 1 is 1.04 bits per heavy atom. The lowest BCUT2D eigenvalue weighted by Crippen LogP contribution is -2.44. The van der Waals surface area contributed by atoms with Crippen molar-refractivity contribution in [3.63, 3.8) is 0 Å². The summed E-state index contributed by atoms with van der Waals surface area (Å²) in [4.78, 5) is 30.5. The van der Waals surface area contributed by atoms with Gasteiger partial charge in [0.05, 0.1) is 12.4 Å². The third kappa shape index (κ3) is 11.0. The van der Waals surface area contributed by atoms with Crippen molar-refractivity contribution in [1.29, 1.82) is 0 Å². The lowest BCUT2D eigenvalue weighted by molar-refractivity contribution is -0.131. The maximum Gasteiger partial charge on any atom is 0.243 e. The standard InChI is InChI=1S/C20H36N4O2/c1-2-3-4-5-6-7-8-9-10-11-12-13-19(25)24-20(26)18(21)14-17-15-22-16-23-17/h15-16,18H,2-14,21H2,1H3,(H,22,23)(H,24,25,26)/t18-/m0/s1. The molecule has 0 aliphatic carbocycles. The van der Waals surface area contributed by atoms with Gasteiger partial charge in [0, 0.05) is 24.7 Å². The van der Waals surface area contributed by atoms with Gasteiger partial charge in [0.1, 0.15) is 0 Å². The molecule has 0 aliphatic heterocycles. The Bertz CT molecular complexity index is 488. The van der Waals surface area contributed by atoms with E-state index in [1.165, 1.54) is 57.7 Å². The largest absolute Gasteiger partial charge is 0.348 e. The Morgan fingerprint density at radius 2 is 1.62 bits per heavy atom. The second-order valence-corrected chi connectivity index (χ2v) is 7.09. The number of carbonyl (C=O) groups is 2. The van der Waals surface area contributed by atoms with Gasteiger partial charge >= 0.3 is 0 Å². The highest BCUT2D eigenvalue weighted by molar-refractivity contribution is 5.97. The number of hydrogen-bond acceptors (Lipinski definition) is 4. The lowest BCUT2D eigenvalue weighted by Gasteiger charge is -2.10. The van der Waals surface area contributed by atoms with E-state index in [0.717, 1.165) is 25.0 Å². The van der Waals surface area contributed by atoms with Crippen LogP contribution in [0.1, 0.15) is 89.7 Å². The van der Waals surface area contributed by atoms with Crippen LogP contribution >= 0.6 is 0 Å². The molecular weight excluding hydrogens is 328 g/mol. The van der Waals surface area contributed by atoms with Crippen LogP contribution in [-0.2, 0) is 16.0 Å². The van der Waals surface area contributed by atoms with Gasteiger partial charge in [0.2, 0.25) is 11.8 Å². The summed E-state index contributed by atoms with van der Waals surface area (Å²) >= 11 is 0. The van der Waals surface area contributed by atoms with E-state index in [-0.39, 0.29) is 5.91 Å². The molecule has 2 amide bonds. The summed E-state index contributed by atoms with van der Waals surface area (Å²) in [6, 6.07) is -0.739. The van der Waals surface area contributed by atoms with E-state index in [0.29, 0.717) is 12.8 Å². The number of H-pyrrole nitrogens is 1. The van der Waals surface area contributed by atoms with Crippen LogP contribution in [0.5, 0.6) is 0 Å². The van der Waals surface area contributed by atoms with Gasteiger partial charge in [-0.3, -0.25) is 14.9 Å². The molecule has 0 spiro atoms. The molecule has 0 aromatic carbocycles. The van der Waals surface area contributed by atoms with Gasteiger partial charge in [0.15, 0.2) is 0 Å². The van der Waals surface area contributed by atoms with Crippen molar-refractivity contribution in [2.24, 2.45) is 5.73 Å². The Balaban J connectivity index is 1.95. The predicted molar refractivity (Wildman–Crippen MR) is 104 cm³/mol. The number of hydrogen-bond donors (Lipinski definition) is 3. The molecule has 26 heavy (non-hydrogen) atoms. The summed E-state index contributed by atoms with van der Waals surface area (Å²) in [5.74, 6) is -0.654. The Morgan fingerprint density at radius 3 is 2.15 bits per heavy atom. The quantitative estimate of drug-likeness (QED) is 0.414. The van der Waals surface area contributed by atoms with Crippen molar-refractivity contribution in [1.82, 2.24) is 15.3 Å². The summed E-state index contributed by atoms with van der Waals surface area (Å²) in [7, 11) is 0. The fraction of sp³-hybridized carbons (Fsp3) is 0.750. The fourth-order valence-corrected chi connectivity index (χ4v) is 2.97. The van der Waals surface area contributed by atoms with E-state index in [1.54, 1.807) is 6.20 Å². The van der Waals surface area contributed by atoms with Crippen LogP contribution in [0.2, 0.25) is 0 Å². The molecule has 1 heterocycles. The molecule has 148 valence electrons. The first kappa shape index (κ1) is 22.4. The number of nitrogens with one attached hydrogen (secondary N) is 2. The number of aromatic amines is 1. The van der Waals surface area contributed by atoms with Gasteiger partial charge in [-0.1, -0.05) is 71.1 Å². The molecule has 1 aromatic heterocycles. The van der Waals surface area contributed by atoms with Crippen molar-refractivity contribution >= 4 is 11.8 Å². The minimum atomic E-state index is -0.739. The van der Waals surface area contributed by atoms with Crippen LogP contribution in [0.25, 0.3) is 0 Å². The summed E-state index contributed by atoms with van der Waals surface area (Å²) < 4.78 is 0. The second kappa shape index (κ2) is 14.5. The number of nitrogens with zero attached hydrogens (tertiary/aromatic N) is 1. The van der Waals surface area contributed by atoms with E-state index in [9.17, 15) is 9.59 Å². The van der Waals surface area contributed by atoms with Crippen LogP contribution in [0.15, 0.2) is 12.5 Å². The number of unbranched alkanes of at least 4 members (excludes halogenated alkanes) is 10. The van der Waals surface area contributed by atoms with Crippen LogP contribution in [0, 0.1) is 0 Å². The van der Waals surface area contributed by atoms with Crippen molar-refractivity contribution in [2.75, 3.05) is 0 Å². The number of imidazole rings is 1. The minimum Gasteiger partial charge on any atom is -0.348 e. The van der Waals surface area contributed by atoms with Crippen LogP contribution in [0.4, 0.5) is 0 Å². The summed E-state index contributed by atoms with van der Waals surface area (Å²) in [6.45, 7) is 2.24. The Hall–Kier alpha value is -1.69. The molecule has 0 unspecified atom stereocenters. The monoisotopic (exact) mass is 364 g/mol. The van der Waals surface area contributed by atoms with Crippen LogP contribution in [0.3, 0.4) is 0 Å². The second-order valence-electron chi connectivity index (χ2n) is 7.09. The summed E-state index contributed by atoms with van der Waals surface area (Å²) in [6.07, 6.45) is 17.5. The average Bonchev–Trinajstić information content (AvgIpc) is 3.12. The van der Waals surface area contributed by atoms with Gasteiger partial charge in [-0.25, -0.2) is 4.98 Å². The molecule has 0 radical (unpaired) electrons. The average molecular weight is 365 g/mol. The molecule has 0 fully saturated rings. The minimum absolute atomic E-state index is 0.231. The van der Waals surface area contributed by atoms with Crippen molar-refractivity contribution < 1.29 is 9.59 Å². The van der Waals surface area contributed by atoms with Gasteiger partial charge < -0.3 is 10.7 Å².